The molecule has 0 amide bonds. The van der Waals surface area contributed by atoms with E-state index in [4.69, 9.17) is 10.2 Å². The molecule has 0 spiro atoms. The van der Waals surface area contributed by atoms with E-state index >= 15 is 0 Å². The van der Waals surface area contributed by atoms with E-state index in [-0.39, 0.29) is 5.95 Å². The molecule has 10 heteroatoms. The molecule has 0 unspecified atom stereocenters. The molecule has 0 radical (unpaired) electrons. The van der Waals surface area contributed by atoms with Crippen LogP contribution in [0.25, 0.3) is 39.4 Å². The first kappa shape index (κ1) is 19.0. The lowest BCUT2D eigenvalue weighted by molar-refractivity contribution is -0.904. The Morgan fingerprint density at radius 1 is 1.00 bits per heavy atom. The number of benzene rings is 1. The monoisotopic (exact) mass is 439 g/mol. The van der Waals surface area contributed by atoms with Crippen LogP contribution in [-0.2, 0) is 13.0 Å². The highest BCUT2D eigenvalue weighted by atomic mass is 16.5. The molecular formula is C23H19N8O2+. The van der Waals surface area contributed by atoms with Crippen molar-refractivity contribution in [2.24, 2.45) is 0 Å². The third kappa shape index (κ3) is 3.33. The second-order valence-electron chi connectivity index (χ2n) is 7.64. The summed E-state index contributed by atoms with van der Waals surface area (Å²) in [6.07, 6.45) is 7.33. The number of aromatic nitrogens is 7. The van der Waals surface area contributed by atoms with Gasteiger partial charge in [-0.3, -0.25) is 5.21 Å². The fourth-order valence-electron chi connectivity index (χ4n) is 3.86. The van der Waals surface area contributed by atoms with E-state index in [2.05, 4.69) is 32.3 Å². The van der Waals surface area contributed by atoms with Crippen LogP contribution in [-0.4, -0.2) is 34.6 Å². The minimum absolute atomic E-state index is 0.234. The van der Waals surface area contributed by atoms with Gasteiger partial charge in [-0.15, -0.1) is 5.10 Å². The zero-order chi connectivity index (χ0) is 22.4. The number of anilines is 1. The number of nitrogens with zero attached hydrogens (tertiary/aromatic N) is 7. The smallest absolute Gasteiger partial charge is 0.230 e. The second kappa shape index (κ2) is 7.45. The highest BCUT2D eigenvalue weighted by Crippen LogP contribution is 2.24. The third-order valence-corrected chi connectivity index (χ3v) is 5.52. The van der Waals surface area contributed by atoms with Gasteiger partial charge in [-0.25, -0.2) is 9.67 Å². The molecule has 6 rings (SSSR count). The molecule has 0 saturated heterocycles. The average Bonchev–Trinajstić information content (AvgIpc) is 3.57. The molecule has 33 heavy (non-hydrogen) atoms. The summed E-state index contributed by atoms with van der Waals surface area (Å²) < 4.78 is 9.78. The number of nitrogen functional groups attached to an aromatic ring is 1. The quantitative estimate of drug-likeness (QED) is 0.313. The minimum Gasteiger partial charge on any atom is -0.461 e. The molecule has 0 saturated carbocycles. The lowest BCUT2D eigenvalue weighted by Crippen LogP contribution is -2.28. The molecule has 0 aliphatic rings. The zero-order valence-electron chi connectivity index (χ0n) is 17.4. The van der Waals surface area contributed by atoms with Crippen molar-refractivity contribution in [1.82, 2.24) is 29.4 Å². The Hall–Kier alpha value is -4.73. The van der Waals surface area contributed by atoms with Crippen molar-refractivity contribution in [2.45, 2.75) is 13.0 Å². The van der Waals surface area contributed by atoms with Gasteiger partial charge in [-0.2, -0.15) is 14.6 Å². The maximum atomic E-state index is 9.62. The molecule has 162 valence electrons. The van der Waals surface area contributed by atoms with Crippen LogP contribution < -0.4 is 10.5 Å². The number of hydrogen-bond acceptors (Lipinski definition) is 7. The van der Waals surface area contributed by atoms with Crippen LogP contribution in [0.5, 0.6) is 0 Å². The van der Waals surface area contributed by atoms with Crippen LogP contribution in [0.2, 0.25) is 0 Å². The van der Waals surface area contributed by atoms with Gasteiger partial charge in [0.05, 0.1) is 23.4 Å². The van der Waals surface area contributed by atoms with Crippen LogP contribution in [0.4, 0.5) is 5.95 Å². The predicted molar refractivity (Wildman–Crippen MR) is 119 cm³/mol. The number of nitrogens with two attached hydrogens (primary N) is 1. The highest BCUT2D eigenvalue weighted by Gasteiger charge is 2.17. The molecule has 0 aliphatic carbocycles. The summed E-state index contributed by atoms with van der Waals surface area (Å²) in [5.41, 5.74) is 10.5. The molecule has 5 aromatic heterocycles. The Morgan fingerprint density at radius 2 is 1.88 bits per heavy atom. The van der Waals surface area contributed by atoms with Crippen LogP contribution in [0.1, 0.15) is 5.56 Å². The Morgan fingerprint density at radius 3 is 2.67 bits per heavy atom. The average molecular weight is 439 g/mol. The fraction of sp³-hybridized carbons (Fsp3) is 0.0870. The van der Waals surface area contributed by atoms with E-state index < -0.39 is 0 Å². The second-order valence-corrected chi connectivity index (χ2v) is 7.64. The summed E-state index contributed by atoms with van der Waals surface area (Å²) in [6, 6.07) is 15.6. The van der Waals surface area contributed by atoms with Crippen LogP contribution in [0, 0.1) is 0 Å². The lowest BCUT2D eigenvalue weighted by atomic mass is 10.0. The Labute approximate surface area is 187 Å². The SMILES string of the molecule is Nc1nc2c(cnn2CCc2ccc(-c3ccc[n+](O)c3)cc2)c2nc(-c3ccco3)nn12. The van der Waals surface area contributed by atoms with Gasteiger partial charge in [0.15, 0.2) is 17.1 Å². The summed E-state index contributed by atoms with van der Waals surface area (Å²) in [5, 5.41) is 19.3. The van der Waals surface area contributed by atoms with Crippen LogP contribution >= 0.6 is 0 Å². The molecular weight excluding hydrogens is 420 g/mol. The van der Waals surface area contributed by atoms with Crippen molar-refractivity contribution in [2.75, 3.05) is 5.73 Å². The lowest BCUT2D eigenvalue weighted by Gasteiger charge is -2.06. The van der Waals surface area contributed by atoms with E-state index in [1.807, 2.05) is 22.9 Å². The normalized spacial score (nSPS) is 11.5. The van der Waals surface area contributed by atoms with E-state index in [1.165, 1.54) is 4.52 Å². The largest absolute Gasteiger partial charge is 0.461 e. The van der Waals surface area contributed by atoms with Gasteiger partial charge >= 0.3 is 0 Å². The summed E-state index contributed by atoms with van der Waals surface area (Å²) in [6.45, 7) is 0.632. The van der Waals surface area contributed by atoms with Gasteiger partial charge in [-0.1, -0.05) is 24.3 Å². The third-order valence-electron chi connectivity index (χ3n) is 5.52. The molecule has 0 bridgehead atoms. The number of rotatable bonds is 5. The summed E-state index contributed by atoms with van der Waals surface area (Å²) in [7, 11) is 0. The summed E-state index contributed by atoms with van der Waals surface area (Å²) in [4.78, 5) is 9.10. The first-order valence-electron chi connectivity index (χ1n) is 10.4. The number of pyridine rings is 1. The number of furan rings is 1. The molecule has 0 aliphatic heterocycles. The topological polar surface area (TPSA) is 124 Å². The van der Waals surface area contributed by atoms with Crippen molar-refractivity contribution in [3.8, 4) is 22.7 Å². The standard InChI is InChI=1S/C23H19N8O2/c24-23-27-21-18(22-26-20(28-31(22)23)19-4-2-12-33-19)13-25-30(21)11-9-15-5-7-16(8-6-15)17-3-1-10-29(32)14-17/h1-8,10,12-14,32H,9,11H2,(H2,24,27)/q+1. The van der Waals surface area contributed by atoms with Gasteiger partial charge in [0.2, 0.25) is 24.2 Å². The first-order valence-corrected chi connectivity index (χ1v) is 10.4. The fourth-order valence-corrected chi connectivity index (χ4v) is 3.86. The van der Waals surface area contributed by atoms with Crippen LogP contribution in [0.15, 0.2) is 77.8 Å². The van der Waals surface area contributed by atoms with Gasteiger partial charge in [0.1, 0.15) is 0 Å². The molecule has 10 nitrogen and oxygen atoms in total. The van der Waals surface area contributed by atoms with E-state index in [1.54, 1.807) is 43.1 Å². The maximum absolute atomic E-state index is 9.62. The van der Waals surface area contributed by atoms with Crippen molar-refractivity contribution in [1.29, 1.82) is 0 Å². The Balaban J connectivity index is 1.27. The van der Waals surface area contributed by atoms with Gasteiger partial charge in [0, 0.05) is 17.3 Å². The molecule has 3 N–H and O–H groups in total. The molecule has 5 heterocycles. The van der Waals surface area contributed by atoms with E-state index in [0.717, 1.165) is 33.2 Å². The van der Waals surface area contributed by atoms with Gasteiger partial charge in [-0.05, 0) is 35.7 Å². The first-order chi connectivity index (χ1) is 16.2. The van der Waals surface area contributed by atoms with Gasteiger partial charge < -0.3 is 10.2 Å². The van der Waals surface area contributed by atoms with Crippen molar-refractivity contribution < 1.29 is 14.4 Å². The number of hydrogen-bond donors (Lipinski definition) is 2. The zero-order valence-corrected chi connectivity index (χ0v) is 17.4. The van der Waals surface area contributed by atoms with E-state index in [0.29, 0.717) is 29.4 Å². The molecule has 0 fully saturated rings. The van der Waals surface area contributed by atoms with Crippen LogP contribution in [0.3, 0.4) is 0 Å². The molecule has 6 aromatic rings. The van der Waals surface area contributed by atoms with Crippen molar-refractivity contribution >= 4 is 22.6 Å². The predicted octanol–water partition coefficient (Wildman–Crippen LogP) is 2.75. The van der Waals surface area contributed by atoms with Crippen molar-refractivity contribution in [3.05, 3.63) is 78.9 Å². The number of aryl methyl sites for hydroxylation is 2. The highest BCUT2D eigenvalue weighted by molar-refractivity contribution is 5.90. The summed E-state index contributed by atoms with van der Waals surface area (Å²) >= 11 is 0. The Kier molecular flexibility index (Phi) is 4.29. The summed E-state index contributed by atoms with van der Waals surface area (Å²) in [5.74, 6) is 1.24. The molecule has 0 atom stereocenters. The van der Waals surface area contributed by atoms with Gasteiger partial charge in [0.25, 0.3) is 0 Å². The molecule has 1 aromatic carbocycles. The minimum atomic E-state index is 0.234. The maximum Gasteiger partial charge on any atom is 0.230 e. The Bertz CT molecular complexity index is 1580. The number of fused-ring (bicyclic) bond motifs is 3. The van der Waals surface area contributed by atoms with E-state index in [9.17, 15) is 5.21 Å². The van der Waals surface area contributed by atoms with Crippen molar-refractivity contribution in [3.63, 3.8) is 0 Å².